The fourth-order valence-electron chi connectivity index (χ4n) is 3.05. The van der Waals surface area contributed by atoms with E-state index in [-0.39, 0.29) is 11.9 Å². The van der Waals surface area contributed by atoms with E-state index in [1.807, 2.05) is 19.0 Å². The fraction of sp³-hybridized carbons (Fsp3) is 0.400. The molecule has 1 N–H and O–H groups in total. The van der Waals surface area contributed by atoms with Crippen LogP contribution in [0.2, 0.25) is 0 Å². The molecule has 3 rings (SSSR count). The minimum atomic E-state index is -0.0910. The Morgan fingerprint density at radius 1 is 1.32 bits per heavy atom. The average molecular weight is 339 g/mol. The van der Waals surface area contributed by atoms with Gasteiger partial charge in [0.1, 0.15) is 6.61 Å². The SMILES string of the molecule is Cc1ccc2c(c1)C(NC(=O)c1ccc(OCCN(C)C)nc1)CC2. The third kappa shape index (κ3) is 4.37. The monoisotopic (exact) mass is 339 g/mol. The predicted molar refractivity (Wildman–Crippen MR) is 98.0 cm³/mol. The van der Waals surface area contributed by atoms with Crippen LogP contribution < -0.4 is 10.1 Å². The number of ether oxygens (including phenoxy) is 1. The van der Waals surface area contributed by atoms with Crippen molar-refractivity contribution in [2.75, 3.05) is 27.2 Å². The van der Waals surface area contributed by atoms with E-state index in [1.54, 1.807) is 18.3 Å². The molecule has 0 saturated heterocycles. The number of carbonyl (C=O) groups is 1. The van der Waals surface area contributed by atoms with Crippen molar-refractivity contribution in [3.8, 4) is 5.88 Å². The van der Waals surface area contributed by atoms with Crippen LogP contribution in [0.5, 0.6) is 5.88 Å². The summed E-state index contributed by atoms with van der Waals surface area (Å²) in [6.45, 7) is 3.48. The number of hydrogen-bond acceptors (Lipinski definition) is 4. The van der Waals surface area contributed by atoms with Crippen LogP contribution in [0.25, 0.3) is 0 Å². The molecular weight excluding hydrogens is 314 g/mol. The Morgan fingerprint density at radius 3 is 2.88 bits per heavy atom. The van der Waals surface area contributed by atoms with E-state index < -0.39 is 0 Å². The highest BCUT2D eigenvalue weighted by atomic mass is 16.5. The molecule has 0 radical (unpaired) electrons. The van der Waals surface area contributed by atoms with Gasteiger partial charge in [0, 0.05) is 18.8 Å². The van der Waals surface area contributed by atoms with Crippen LogP contribution in [-0.2, 0) is 6.42 Å². The van der Waals surface area contributed by atoms with Gasteiger partial charge in [-0.15, -0.1) is 0 Å². The highest BCUT2D eigenvalue weighted by Crippen LogP contribution is 2.31. The molecule has 5 nitrogen and oxygen atoms in total. The van der Waals surface area contributed by atoms with Gasteiger partial charge in [-0.2, -0.15) is 0 Å². The largest absolute Gasteiger partial charge is 0.476 e. The molecule has 2 aromatic rings. The Morgan fingerprint density at radius 2 is 2.16 bits per heavy atom. The first kappa shape index (κ1) is 17.4. The van der Waals surface area contributed by atoms with Gasteiger partial charge in [0.25, 0.3) is 5.91 Å². The van der Waals surface area contributed by atoms with E-state index in [4.69, 9.17) is 4.74 Å². The van der Waals surface area contributed by atoms with Crippen molar-refractivity contribution < 1.29 is 9.53 Å². The lowest BCUT2D eigenvalue weighted by atomic mass is 10.0. The van der Waals surface area contributed by atoms with E-state index in [9.17, 15) is 4.79 Å². The number of amides is 1. The molecule has 0 spiro atoms. The summed E-state index contributed by atoms with van der Waals surface area (Å²) in [5.41, 5.74) is 4.35. The van der Waals surface area contributed by atoms with Gasteiger partial charge in [-0.1, -0.05) is 23.8 Å². The smallest absolute Gasteiger partial charge is 0.253 e. The van der Waals surface area contributed by atoms with Crippen molar-refractivity contribution >= 4 is 5.91 Å². The first-order valence-corrected chi connectivity index (χ1v) is 8.67. The van der Waals surface area contributed by atoms with Gasteiger partial charge >= 0.3 is 0 Å². The van der Waals surface area contributed by atoms with E-state index >= 15 is 0 Å². The van der Waals surface area contributed by atoms with Crippen LogP contribution in [-0.4, -0.2) is 43.0 Å². The number of rotatable bonds is 6. The molecule has 25 heavy (non-hydrogen) atoms. The number of pyridine rings is 1. The lowest BCUT2D eigenvalue weighted by molar-refractivity contribution is 0.0936. The van der Waals surface area contributed by atoms with Crippen LogP contribution in [0, 0.1) is 6.92 Å². The van der Waals surface area contributed by atoms with E-state index in [0.717, 1.165) is 19.4 Å². The summed E-state index contributed by atoms with van der Waals surface area (Å²) >= 11 is 0. The first-order valence-electron chi connectivity index (χ1n) is 8.67. The van der Waals surface area contributed by atoms with Crippen molar-refractivity contribution in [1.29, 1.82) is 0 Å². The topological polar surface area (TPSA) is 54.5 Å². The predicted octanol–water partition coefficient (Wildman–Crippen LogP) is 2.75. The maximum absolute atomic E-state index is 12.5. The first-order chi connectivity index (χ1) is 12.0. The minimum Gasteiger partial charge on any atom is -0.476 e. The average Bonchev–Trinajstić information content (AvgIpc) is 2.97. The van der Waals surface area contributed by atoms with Crippen molar-refractivity contribution in [2.24, 2.45) is 0 Å². The van der Waals surface area contributed by atoms with E-state index in [1.165, 1.54) is 16.7 Å². The molecule has 1 amide bonds. The maximum Gasteiger partial charge on any atom is 0.253 e. The van der Waals surface area contributed by atoms with Gasteiger partial charge in [0.15, 0.2) is 0 Å². The molecule has 1 atom stereocenters. The number of benzene rings is 1. The Labute approximate surface area is 149 Å². The van der Waals surface area contributed by atoms with Crippen molar-refractivity contribution in [3.05, 3.63) is 58.8 Å². The molecule has 1 aliphatic rings. The summed E-state index contributed by atoms with van der Waals surface area (Å²) in [5.74, 6) is 0.451. The molecule has 132 valence electrons. The number of nitrogens with zero attached hydrogens (tertiary/aromatic N) is 2. The standard InChI is InChI=1S/C20H25N3O2/c1-14-4-5-15-6-8-18(17(15)12-14)22-20(24)16-7-9-19(21-13-16)25-11-10-23(2)3/h4-5,7,9,12-13,18H,6,8,10-11H2,1-3H3,(H,22,24). The number of fused-ring (bicyclic) bond motifs is 1. The van der Waals surface area contributed by atoms with E-state index in [2.05, 4.69) is 35.4 Å². The summed E-state index contributed by atoms with van der Waals surface area (Å²) < 4.78 is 5.56. The molecular formula is C20H25N3O2. The van der Waals surface area contributed by atoms with E-state index in [0.29, 0.717) is 18.1 Å². The summed E-state index contributed by atoms with van der Waals surface area (Å²) in [5, 5.41) is 3.13. The molecule has 1 unspecified atom stereocenters. The second kappa shape index (κ2) is 7.66. The van der Waals surface area contributed by atoms with Crippen molar-refractivity contribution in [2.45, 2.75) is 25.8 Å². The van der Waals surface area contributed by atoms with Crippen molar-refractivity contribution in [3.63, 3.8) is 0 Å². The highest BCUT2D eigenvalue weighted by molar-refractivity contribution is 5.94. The molecule has 5 heteroatoms. The molecule has 1 aromatic carbocycles. The Hall–Kier alpha value is -2.40. The van der Waals surface area contributed by atoms with Gasteiger partial charge in [0.2, 0.25) is 5.88 Å². The number of aryl methyl sites for hydroxylation is 2. The second-order valence-electron chi connectivity index (χ2n) is 6.80. The van der Waals surface area contributed by atoms with Crippen LogP contribution >= 0.6 is 0 Å². The quantitative estimate of drug-likeness (QED) is 0.879. The zero-order chi connectivity index (χ0) is 17.8. The fourth-order valence-corrected chi connectivity index (χ4v) is 3.05. The van der Waals surface area contributed by atoms with Crippen LogP contribution in [0.3, 0.4) is 0 Å². The summed E-state index contributed by atoms with van der Waals surface area (Å²) in [7, 11) is 3.99. The van der Waals surface area contributed by atoms with Crippen LogP contribution in [0.1, 0.15) is 39.5 Å². The van der Waals surface area contributed by atoms with Gasteiger partial charge in [0.05, 0.1) is 11.6 Å². The lowest BCUT2D eigenvalue weighted by Gasteiger charge is -2.15. The van der Waals surface area contributed by atoms with Gasteiger partial charge in [-0.05, 0) is 51.1 Å². The van der Waals surface area contributed by atoms with Crippen LogP contribution in [0.4, 0.5) is 0 Å². The molecule has 1 aromatic heterocycles. The Bertz CT molecular complexity index is 741. The molecule has 0 bridgehead atoms. The van der Waals surface area contributed by atoms with Gasteiger partial charge in [-0.3, -0.25) is 4.79 Å². The zero-order valence-corrected chi connectivity index (χ0v) is 15.1. The highest BCUT2D eigenvalue weighted by Gasteiger charge is 2.24. The number of nitrogens with one attached hydrogen (secondary N) is 1. The zero-order valence-electron chi connectivity index (χ0n) is 15.1. The molecule has 0 aliphatic heterocycles. The minimum absolute atomic E-state index is 0.0819. The number of carbonyl (C=O) groups excluding carboxylic acids is 1. The number of hydrogen-bond donors (Lipinski definition) is 1. The van der Waals surface area contributed by atoms with Crippen LogP contribution in [0.15, 0.2) is 36.5 Å². The lowest BCUT2D eigenvalue weighted by Crippen LogP contribution is -2.27. The summed E-state index contributed by atoms with van der Waals surface area (Å²) in [4.78, 5) is 18.8. The number of likely N-dealkylation sites (N-methyl/N-ethyl adjacent to an activating group) is 1. The Kier molecular flexibility index (Phi) is 5.34. The molecule has 1 aliphatic carbocycles. The summed E-state index contributed by atoms with van der Waals surface area (Å²) in [6, 6.07) is 10.1. The normalized spacial score (nSPS) is 15.9. The maximum atomic E-state index is 12.5. The molecule has 0 saturated carbocycles. The Balaban J connectivity index is 1.60. The van der Waals surface area contributed by atoms with Gasteiger partial charge in [-0.25, -0.2) is 4.98 Å². The van der Waals surface area contributed by atoms with Gasteiger partial charge < -0.3 is 15.0 Å². The summed E-state index contributed by atoms with van der Waals surface area (Å²) in [6.07, 6.45) is 3.54. The van der Waals surface area contributed by atoms with Crippen molar-refractivity contribution in [1.82, 2.24) is 15.2 Å². The molecule has 1 heterocycles. The molecule has 0 fully saturated rings. The third-order valence-corrected chi connectivity index (χ3v) is 4.47. The second-order valence-corrected chi connectivity index (χ2v) is 6.80. The third-order valence-electron chi connectivity index (χ3n) is 4.47. The number of aromatic nitrogens is 1.